The molecule has 1 amide bonds. The Morgan fingerprint density at radius 1 is 1.19 bits per heavy atom. The Balaban J connectivity index is 1.28. The van der Waals surface area contributed by atoms with Crippen molar-refractivity contribution in [1.29, 1.82) is 0 Å². The van der Waals surface area contributed by atoms with Gasteiger partial charge in [-0.15, -0.1) is 0 Å². The number of likely N-dealkylation sites (tertiary alicyclic amines) is 1. The van der Waals surface area contributed by atoms with Crippen LogP contribution in [0.15, 0.2) is 18.3 Å². The van der Waals surface area contributed by atoms with Crippen molar-refractivity contribution in [2.45, 2.75) is 44.2 Å². The summed E-state index contributed by atoms with van der Waals surface area (Å²) in [7, 11) is 2.11. The predicted molar refractivity (Wildman–Crippen MR) is 103 cm³/mol. The maximum absolute atomic E-state index is 12.6. The standard InChI is InChI=1S/C21H33N3O3/c1-22-7-2-3-19(22)17-23-8-5-21(6-9-23)16-18(4-12-27-21)15-20(25)24-10-13-26-14-11-24/h2-3,7,18H,4-6,8-17H2,1H3. The van der Waals surface area contributed by atoms with Crippen LogP contribution in [0, 0.1) is 5.92 Å². The van der Waals surface area contributed by atoms with Gasteiger partial charge in [-0.3, -0.25) is 9.69 Å². The van der Waals surface area contributed by atoms with Gasteiger partial charge in [0, 0.05) is 64.7 Å². The van der Waals surface area contributed by atoms with E-state index in [-0.39, 0.29) is 5.60 Å². The lowest BCUT2D eigenvalue weighted by Crippen LogP contribution is -2.50. The maximum Gasteiger partial charge on any atom is 0.223 e. The molecule has 0 saturated carbocycles. The number of aromatic nitrogens is 1. The van der Waals surface area contributed by atoms with E-state index in [4.69, 9.17) is 9.47 Å². The Morgan fingerprint density at radius 3 is 2.67 bits per heavy atom. The minimum Gasteiger partial charge on any atom is -0.378 e. The number of hydrogen-bond donors (Lipinski definition) is 0. The Hall–Kier alpha value is -1.37. The zero-order chi connectivity index (χ0) is 18.7. The molecule has 0 N–H and O–H groups in total. The molecular weight excluding hydrogens is 342 g/mol. The second kappa shape index (κ2) is 8.33. The third-order valence-electron chi connectivity index (χ3n) is 6.63. The highest BCUT2D eigenvalue weighted by molar-refractivity contribution is 5.76. The van der Waals surface area contributed by atoms with Crippen molar-refractivity contribution in [1.82, 2.24) is 14.4 Å². The highest BCUT2D eigenvalue weighted by Crippen LogP contribution is 2.39. The van der Waals surface area contributed by atoms with Crippen LogP contribution in [0.5, 0.6) is 0 Å². The molecule has 4 rings (SSSR count). The van der Waals surface area contributed by atoms with E-state index >= 15 is 0 Å². The molecule has 1 aromatic heterocycles. The van der Waals surface area contributed by atoms with Crippen molar-refractivity contribution in [2.75, 3.05) is 46.0 Å². The number of morpholine rings is 1. The Bertz CT molecular complexity index is 630. The highest BCUT2D eigenvalue weighted by Gasteiger charge is 2.41. The third-order valence-corrected chi connectivity index (χ3v) is 6.63. The van der Waals surface area contributed by atoms with E-state index in [0.717, 1.165) is 65.0 Å². The van der Waals surface area contributed by atoms with E-state index in [9.17, 15) is 4.79 Å². The minimum absolute atomic E-state index is 0.00108. The number of rotatable bonds is 4. The van der Waals surface area contributed by atoms with Gasteiger partial charge in [-0.25, -0.2) is 0 Å². The van der Waals surface area contributed by atoms with Crippen LogP contribution < -0.4 is 0 Å². The van der Waals surface area contributed by atoms with Crippen molar-refractivity contribution < 1.29 is 14.3 Å². The van der Waals surface area contributed by atoms with Crippen LogP contribution in [-0.2, 0) is 27.9 Å². The van der Waals surface area contributed by atoms with Crippen molar-refractivity contribution in [3.05, 3.63) is 24.0 Å². The third kappa shape index (κ3) is 4.55. The smallest absolute Gasteiger partial charge is 0.223 e. The van der Waals surface area contributed by atoms with Crippen LogP contribution in [0.1, 0.15) is 37.8 Å². The lowest BCUT2D eigenvalue weighted by Gasteiger charge is -2.46. The summed E-state index contributed by atoms with van der Waals surface area (Å²) < 4.78 is 13.9. The average Bonchev–Trinajstić information content (AvgIpc) is 3.09. The van der Waals surface area contributed by atoms with Crippen molar-refractivity contribution in [3.8, 4) is 0 Å². The molecule has 6 nitrogen and oxygen atoms in total. The fourth-order valence-corrected chi connectivity index (χ4v) is 4.85. The van der Waals surface area contributed by atoms with Gasteiger partial charge in [-0.1, -0.05) is 0 Å². The number of amides is 1. The van der Waals surface area contributed by atoms with Gasteiger partial charge in [0.2, 0.25) is 5.91 Å². The number of aryl methyl sites for hydroxylation is 1. The molecule has 27 heavy (non-hydrogen) atoms. The molecule has 1 aromatic rings. The maximum atomic E-state index is 12.6. The topological polar surface area (TPSA) is 46.9 Å². The summed E-state index contributed by atoms with van der Waals surface area (Å²) >= 11 is 0. The molecule has 1 unspecified atom stereocenters. The highest BCUT2D eigenvalue weighted by atomic mass is 16.5. The SMILES string of the molecule is Cn1cccc1CN1CCC2(CC1)CC(CC(=O)N1CCOCC1)CCO2. The zero-order valence-corrected chi connectivity index (χ0v) is 16.6. The molecule has 6 heteroatoms. The molecule has 3 saturated heterocycles. The Labute approximate surface area is 162 Å². The Morgan fingerprint density at radius 2 is 1.96 bits per heavy atom. The van der Waals surface area contributed by atoms with Crippen LogP contribution in [0.25, 0.3) is 0 Å². The molecule has 4 heterocycles. The van der Waals surface area contributed by atoms with E-state index in [1.165, 1.54) is 5.69 Å². The van der Waals surface area contributed by atoms with Crippen LogP contribution in [0.2, 0.25) is 0 Å². The van der Waals surface area contributed by atoms with E-state index in [1.54, 1.807) is 0 Å². The number of nitrogens with zero attached hydrogens (tertiary/aromatic N) is 3. The second-order valence-electron chi connectivity index (χ2n) is 8.47. The molecule has 1 atom stereocenters. The van der Waals surface area contributed by atoms with Gasteiger partial charge in [0.1, 0.15) is 0 Å². The van der Waals surface area contributed by atoms with E-state index in [2.05, 4.69) is 34.8 Å². The molecule has 0 radical (unpaired) electrons. The van der Waals surface area contributed by atoms with Gasteiger partial charge in [-0.05, 0) is 43.7 Å². The zero-order valence-electron chi connectivity index (χ0n) is 16.6. The molecule has 1 spiro atoms. The molecule has 150 valence electrons. The molecule has 0 bridgehead atoms. The molecular formula is C21H33N3O3. The summed E-state index contributed by atoms with van der Waals surface area (Å²) in [6.45, 7) is 6.84. The van der Waals surface area contributed by atoms with Crippen molar-refractivity contribution >= 4 is 5.91 Å². The first-order valence-electron chi connectivity index (χ1n) is 10.5. The monoisotopic (exact) mass is 375 g/mol. The first-order chi connectivity index (χ1) is 13.1. The minimum atomic E-state index is -0.00108. The summed E-state index contributed by atoms with van der Waals surface area (Å²) in [6.07, 6.45) is 7.02. The van der Waals surface area contributed by atoms with Crippen molar-refractivity contribution in [3.63, 3.8) is 0 Å². The largest absolute Gasteiger partial charge is 0.378 e. The van der Waals surface area contributed by atoms with Crippen LogP contribution in [-0.4, -0.2) is 71.9 Å². The summed E-state index contributed by atoms with van der Waals surface area (Å²) in [5.74, 6) is 0.773. The predicted octanol–water partition coefficient (Wildman–Crippen LogP) is 2.04. The fourth-order valence-electron chi connectivity index (χ4n) is 4.85. The summed E-state index contributed by atoms with van der Waals surface area (Å²) in [4.78, 5) is 17.1. The van der Waals surface area contributed by atoms with E-state index in [0.29, 0.717) is 31.5 Å². The molecule has 3 aliphatic heterocycles. The van der Waals surface area contributed by atoms with E-state index < -0.39 is 0 Å². The second-order valence-corrected chi connectivity index (χ2v) is 8.47. The fraction of sp³-hybridized carbons (Fsp3) is 0.762. The van der Waals surface area contributed by atoms with Gasteiger partial charge in [0.05, 0.1) is 18.8 Å². The van der Waals surface area contributed by atoms with Crippen molar-refractivity contribution in [2.24, 2.45) is 13.0 Å². The van der Waals surface area contributed by atoms with Gasteiger partial charge in [-0.2, -0.15) is 0 Å². The lowest BCUT2D eigenvalue weighted by atomic mass is 9.78. The summed E-state index contributed by atoms with van der Waals surface area (Å²) in [5.41, 5.74) is 1.36. The normalized spacial score (nSPS) is 26.4. The van der Waals surface area contributed by atoms with Crippen LogP contribution in [0.4, 0.5) is 0 Å². The molecule has 3 aliphatic rings. The van der Waals surface area contributed by atoms with Gasteiger partial charge < -0.3 is 18.9 Å². The van der Waals surface area contributed by atoms with Gasteiger partial charge in [0.15, 0.2) is 0 Å². The number of piperidine rings is 1. The molecule has 0 aromatic carbocycles. The van der Waals surface area contributed by atoms with Crippen LogP contribution >= 0.6 is 0 Å². The molecule has 3 fully saturated rings. The first-order valence-corrected chi connectivity index (χ1v) is 10.5. The van der Waals surface area contributed by atoms with Gasteiger partial charge in [0.25, 0.3) is 0 Å². The van der Waals surface area contributed by atoms with Crippen LogP contribution in [0.3, 0.4) is 0 Å². The summed E-state index contributed by atoms with van der Waals surface area (Å²) in [6, 6.07) is 4.32. The Kier molecular flexibility index (Phi) is 5.85. The number of ether oxygens (including phenoxy) is 2. The summed E-state index contributed by atoms with van der Waals surface area (Å²) in [5, 5.41) is 0. The number of hydrogen-bond acceptors (Lipinski definition) is 4. The first kappa shape index (κ1) is 19.0. The van der Waals surface area contributed by atoms with E-state index in [1.807, 2.05) is 4.90 Å². The van der Waals surface area contributed by atoms with Gasteiger partial charge >= 0.3 is 0 Å². The quantitative estimate of drug-likeness (QED) is 0.808. The number of carbonyl (C=O) groups is 1. The average molecular weight is 376 g/mol. The molecule has 0 aliphatic carbocycles. The lowest BCUT2D eigenvalue weighted by molar-refractivity contribution is -0.145. The number of carbonyl (C=O) groups excluding carboxylic acids is 1.